The first-order valence-corrected chi connectivity index (χ1v) is 5.99. The predicted octanol–water partition coefficient (Wildman–Crippen LogP) is 0.957. The van der Waals surface area contributed by atoms with Crippen molar-refractivity contribution in [3.8, 4) is 0 Å². The highest BCUT2D eigenvalue weighted by Crippen LogP contribution is 2.20. The fourth-order valence-corrected chi connectivity index (χ4v) is 2.52. The van der Waals surface area contributed by atoms with Crippen LogP contribution in [-0.2, 0) is 6.42 Å². The zero-order valence-electron chi connectivity index (χ0n) is 9.88. The minimum absolute atomic E-state index is 0.0463. The van der Waals surface area contributed by atoms with Crippen molar-refractivity contribution in [1.29, 1.82) is 0 Å². The topological polar surface area (TPSA) is 72.4 Å². The van der Waals surface area contributed by atoms with Crippen LogP contribution in [0.25, 0.3) is 0 Å². The van der Waals surface area contributed by atoms with Crippen molar-refractivity contribution in [2.75, 3.05) is 13.1 Å². The van der Waals surface area contributed by atoms with Crippen LogP contribution in [0.15, 0.2) is 30.3 Å². The molecule has 2 rings (SSSR count). The lowest BCUT2D eigenvalue weighted by molar-refractivity contribution is 0.163. The van der Waals surface area contributed by atoms with E-state index in [4.69, 9.17) is 11.5 Å². The second-order valence-corrected chi connectivity index (χ2v) is 4.79. The Morgan fingerprint density at radius 2 is 2.00 bits per heavy atom. The van der Waals surface area contributed by atoms with Gasteiger partial charge < -0.3 is 16.4 Å². The minimum Gasteiger partial charge on any atom is -0.351 e. The number of amides is 2. The SMILES string of the molecule is NC(=O)N1CC(N)CC(Cc2ccccc2)C1. The molecule has 1 saturated heterocycles. The van der Waals surface area contributed by atoms with Crippen LogP contribution in [0.5, 0.6) is 0 Å². The molecule has 0 radical (unpaired) electrons. The fourth-order valence-electron chi connectivity index (χ4n) is 2.52. The molecule has 4 N–H and O–H groups in total. The predicted molar refractivity (Wildman–Crippen MR) is 67.4 cm³/mol. The maximum absolute atomic E-state index is 11.2. The molecule has 0 bridgehead atoms. The quantitative estimate of drug-likeness (QED) is 0.798. The Morgan fingerprint density at radius 1 is 1.29 bits per heavy atom. The largest absolute Gasteiger partial charge is 0.351 e. The van der Waals surface area contributed by atoms with Gasteiger partial charge in [0, 0.05) is 19.1 Å². The molecule has 1 aliphatic rings. The van der Waals surface area contributed by atoms with Gasteiger partial charge in [-0.3, -0.25) is 0 Å². The van der Waals surface area contributed by atoms with Crippen LogP contribution in [0.3, 0.4) is 0 Å². The molecule has 1 aromatic carbocycles. The molecule has 0 spiro atoms. The molecule has 4 nitrogen and oxygen atoms in total. The van der Waals surface area contributed by atoms with Crippen molar-refractivity contribution in [1.82, 2.24) is 4.90 Å². The molecule has 0 aliphatic carbocycles. The summed E-state index contributed by atoms with van der Waals surface area (Å²) in [6, 6.07) is 9.96. The molecule has 2 unspecified atom stereocenters. The number of primary amides is 1. The number of carbonyl (C=O) groups excluding carboxylic acids is 1. The van der Waals surface area contributed by atoms with Crippen molar-refractivity contribution in [3.63, 3.8) is 0 Å². The number of hydrogen-bond acceptors (Lipinski definition) is 2. The fraction of sp³-hybridized carbons (Fsp3) is 0.462. The Morgan fingerprint density at radius 3 is 2.65 bits per heavy atom. The number of hydrogen-bond donors (Lipinski definition) is 2. The van der Waals surface area contributed by atoms with Gasteiger partial charge in [0.05, 0.1) is 0 Å². The summed E-state index contributed by atoms with van der Waals surface area (Å²) < 4.78 is 0. The molecule has 17 heavy (non-hydrogen) atoms. The van der Waals surface area contributed by atoms with Crippen LogP contribution in [0.2, 0.25) is 0 Å². The van der Waals surface area contributed by atoms with Gasteiger partial charge >= 0.3 is 6.03 Å². The molecule has 92 valence electrons. The first-order chi connectivity index (χ1) is 8.15. The number of piperidine rings is 1. The summed E-state index contributed by atoms with van der Waals surface area (Å²) >= 11 is 0. The minimum atomic E-state index is -0.363. The first-order valence-electron chi connectivity index (χ1n) is 5.99. The zero-order valence-corrected chi connectivity index (χ0v) is 9.88. The Hall–Kier alpha value is -1.55. The molecular formula is C13H19N3O. The normalized spacial score (nSPS) is 24.6. The second kappa shape index (κ2) is 5.19. The van der Waals surface area contributed by atoms with Crippen molar-refractivity contribution < 1.29 is 4.79 Å². The molecule has 1 heterocycles. The molecule has 2 amide bonds. The van der Waals surface area contributed by atoms with E-state index in [0.29, 0.717) is 12.5 Å². The van der Waals surface area contributed by atoms with E-state index in [2.05, 4.69) is 12.1 Å². The van der Waals surface area contributed by atoms with Crippen LogP contribution in [0.4, 0.5) is 4.79 Å². The summed E-state index contributed by atoms with van der Waals surface area (Å²) in [5.41, 5.74) is 12.6. The van der Waals surface area contributed by atoms with Crippen LogP contribution in [-0.4, -0.2) is 30.1 Å². The third-order valence-corrected chi connectivity index (χ3v) is 3.25. The molecule has 1 aromatic rings. The lowest BCUT2D eigenvalue weighted by Gasteiger charge is -2.35. The number of urea groups is 1. The van der Waals surface area contributed by atoms with E-state index in [1.165, 1.54) is 5.56 Å². The van der Waals surface area contributed by atoms with E-state index < -0.39 is 0 Å². The number of benzene rings is 1. The Bertz CT molecular complexity index is 380. The number of likely N-dealkylation sites (tertiary alicyclic amines) is 1. The third kappa shape index (κ3) is 3.20. The van der Waals surface area contributed by atoms with Gasteiger partial charge in [-0.05, 0) is 24.3 Å². The summed E-state index contributed by atoms with van der Waals surface area (Å²) in [5.74, 6) is 0.411. The van der Waals surface area contributed by atoms with E-state index >= 15 is 0 Å². The Balaban J connectivity index is 1.99. The molecule has 0 saturated carbocycles. The second-order valence-electron chi connectivity index (χ2n) is 4.79. The average molecular weight is 233 g/mol. The zero-order chi connectivity index (χ0) is 12.3. The number of rotatable bonds is 2. The highest BCUT2D eigenvalue weighted by atomic mass is 16.2. The van der Waals surface area contributed by atoms with Gasteiger partial charge in [0.15, 0.2) is 0 Å². The third-order valence-electron chi connectivity index (χ3n) is 3.25. The lowest BCUT2D eigenvalue weighted by Crippen LogP contribution is -2.51. The van der Waals surface area contributed by atoms with Gasteiger partial charge in [-0.1, -0.05) is 30.3 Å². The summed E-state index contributed by atoms with van der Waals surface area (Å²) in [6.45, 7) is 1.30. The van der Waals surface area contributed by atoms with Crippen LogP contribution < -0.4 is 11.5 Å². The molecule has 2 atom stereocenters. The van der Waals surface area contributed by atoms with Gasteiger partial charge in [-0.2, -0.15) is 0 Å². The highest BCUT2D eigenvalue weighted by molar-refractivity contribution is 5.72. The van der Waals surface area contributed by atoms with E-state index in [0.717, 1.165) is 19.4 Å². The first kappa shape index (κ1) is 11.9. The summed E-state index contributed by atoms with van der Waals surface area (Å²) in [5, 5.41) is 0. The monoisotopic (exact) mass is 233 g/mol. The van der Waals surface area contributed by atoms with Gasteiger partial charge in [0.1, 0.15) is 0 Å². The van der Waals surface area contributed by atoms with Crippen LogP contribution in [0.1, 0.15) is 12.0 Å². The van der Waals surface area contributed by atoms with Gasteiger partial charge in [-0.15, -0.1) is 0 Å². The molecular weight excluding hydrogens is 214 g/mol. The molecule has 1 aliphatic heterocycles. The van der Waals surface area contributed by atoms with Crippen molar-refractivity contribution in [2.45, 2.75) is 18.9 Å². The van der Waals surface area contributed by atoms with E-state index in [1.807, 2.05) is 18.2 Å². The van der Waals surface area contributed by atoms with Crippen molar-refractivity contribution >= 4 is 6.03 Å². The summed E-state index contributed by atoms with van der Waals surface area (Å²) in [6.07, 6.45) is 1.91. The van der Waals surface area contributed by atoms with Crippen LogP contribution in [0, 0.1) is 5.92 Å². The van der Waals surface area contributed by atoms with Crippen molar-refractivity contribution in [2.24, 2.45) is 17.4 Å². The van der Waals surface area contributed by atoms with Crippen molar-refractivity contribution in [3.05, 3.63) is 35.9 Å². The molecule has 1 fully saturated rings. The van der Waals surface area contributed by atoms with Gasteiger partial charge in [0.2, 0.25) is 0 Å². The Kier molecular flexibility index (Phi) is 3.64. The number of nitrogens with two attached hydrogens (primary N) is 2. The maximum Gasteiger partial charge on any atom is 0.314 e. The van der Waals surface area contributed by atoms with E-state index in [-0.39, 0.29) is 12.1 Å². The molecule has 0 aromatic heterocycles. The van der Waals surface area contributed by atoms with Gasteiger partial charge in [0.25, 0.3) is 0 Å². The van der Waals surface area contributed by atoms with E-state index in [1.54, 1.807) is 4.90 Å². The number of nitrogens with zero attached hydrogens (tertiary/aromatic N) is 1. The smallest absolute Gasteiger partial charge is 0.314 e. The van der Waals surface area contributed by atoms with E-state index in [9.17, 15) is 4.79 Å². The molecule has 4 heteroatoms. The maximum atomic E-state index is 11.2. The summed E-state index contributed by atoms with van der Waals surface area (Å²) in [4.78, 5) is 12.8. The lowest BCUT2D eigenvalue weighted by atomic mass is 9.89. The summed E-state index contributed by atoms with van der Waals surface area (Å²) in [7, 11) is 0. The Labute approximate surface area is 102 Å². The highest BCUT2D eigenvalue weighted by Gasteiger charge is 2.26. The van der Waals surface area contributed by atoms with Crippen LogP contribution >= 0.6 is 0 Å². The van der Waals surface area contributed by atoms with Gasteiger partial charge in [-0.25, -0.2) is 4.79 Å². The standard InChI is InChI=1S/C13H19N3O/c14-12-7-11(8-16(9-12)13(15)17)6-10-4-2-1-3-5-10/h1-5,11-12H,6-9,14H2,(H2,15,17). The number of carbonyl (C=O) groups is 1. The average Bonchev–Trinajstić information content (AvgIpc) is 2.29.